The first-order valence-electron chi connectivity index (χ1n) is 15.3. The zero-order valence-corrected chi connectivity index (χ0v) is 24.6. The van der Waals surface area contributed by atoms with Gasteiger partial charge in [0.05, 0.1) is 12.1 Å². The van der Waals surface area contributed by atoms with Crippen molar-refractivity contribution in [1.82, 2.24) is 25.3 Å². The van der Waals surface area contributed by atoms with E-state index in [1.807, 2.05) is 24.3 Å². The lowest BCUT2D eigenvalue weighted by Gasteiger charge is -2.30. The Kier molecular flexibility index (Phi) is 11.2. The summed E-state index contributed by atoms with van der Waals surface area (Å²) in [5.74, 6) is -0.214. The minimum absolute atomic E-state index is 0.00522. The Bertz CT molecular complexity index is 1180. The van der Waals surface area contributed by atoms with E-state index in [0.717, 1.165) is 69.3 Å². The lowest BCUT2D eigenvalue weighted by atomic mass is 9.81. The topological polar surface area (TPSA) is 113 Å². The highest BCUT2D eigenvalue weighted by atomic mass is 16.2. The Labute approximate surface area is 243 Å². The first-order valence-corrected chi connectivity index (χ1v) is 15.3. The largest absolute Gasteiger partial charge is 0.346 e. The minimum atomic E-state index is -0.552. The molecule has 41 heavy (non-hydrogen) atoms. The van der Waals surface area contributed by atoms with E-state index in [9.17, 15) is 19.2 Å². The van der Waals surface area contributed by atoms with Crippen LogP contribution in [0.25, 0.3) is 0 Å². The Hall–Kier alpha value is -3.33. The number of amides is 2. The van der Waals surface area contributed by atoms with Crippen molar-refractivity contribution in [2.24, 2.45) is 13.0 Å². The number of hydrogen-bond donors (Lipinski definition) is 2. The number of likely N-dealkylation sites (tertiary alicyclic amines) is 1. The van der Waals surface area contributed by atoms with Crippen molar-refractivity contribution in [3.8, 4) is 0 Å². The van der Waals surface area contributed by atoms with E-state index in [0.29, 0.717) is 25.0 Å². The highest BCUT2D eigenvalue weighted by molar-refractivity contribution is 5.97. The molecule has 1 saturated heterocycles. The number of hydrogen-bond acceptors (Lipinski definition) is 6. The quantitative estimate of drug-likeness (QED) is 0.343. The van der Waals surface area contributed by atoms with Gasteiger partial charge in [-0.05, 0) is 74.8 Å². The number of Topliss-reactive ketones (excluding diaryl/α,β-unsaturated/α-hetero) is 2. The second-order valence-electron chi connectivity index (χ2n) is 11.6. The molecule has 0 radical (unpaired) electrons. The number of aryl methyl sites for hydroxylation is 1. The van der Waals surface area contributed by atoms with Gasteiger partial charge >= 0.3 is 0 Å². The van der Waals surface area contributed by atoms with Gasteiger partial charge in [0, 0.05) is 32.5 Å². The fraction of sp³-hybridized carbons (Fsp3) is 0.594. The molecule has 2 amide bonds. The van der Waals surface area contributed by atoms with Crippen LogP contribution in [0.4, 0.5) is 0 Å². The third kappa shape index (κ3) is 8.83. The molecule has 2 heterocycles. The molecule has 0 spiro atoms. The van der Waals surface area contributed by atoms with Crippen LogP contribution >= 0.6 is 0 Å². The molecule has 1 aliphatic heterocycles. The maximum absolute atomic E-state index is 13.5. The van der Waals surface area contributed by atoms with Gasteiger partial charge in [-0.3, -0.25) is 23.9 Å². The fourth-order valence-electron chi connectivity index (χ4n) is 5.88. The molecular formula is C32H45N5O4. The van der Waals surface area contributed by atoms with Gasteiger partial charge < -0.3 is 15.5 Å². The lowest BCUT2D eigenvalue weighted by Crippen LogP contribution is -2.47. The second-order valence-corrected chi connectivity index (χ2v) is 11.6. The molecule has 0 unspecified atom stereocenters. The van der Waals surface area contributed by atoms with Crippen molar-refractivity contribution in [2.75, 3.05) is 19.6 Å². The summed E-state index contributed by atoms with van der Waals surface area (Å²) in [7, 11) is 1.72. The molecule has 4 rings (SSSR count). The number of aromatic nitrogens is 2. The van der Waals surface area contributed by atoms with Crippen molar-refractivity contribution in [3.05, 3.63) is 53.3 Å². The van der Waals surface area contributed by atoms with Crippen LogP contribution in [0.1, 0.15) is 86.3 Å². The van der Waals surface area contributed by atoms with Gasteiger partial charge in [-0.2, -0.15) is 5.10 Å². The average Bonchev–Trinajstić information content (AvgIpc) is 3.39. The minimum Gasteiger partial charge on any atom is -0.346 e. The van der Waals surface area contributed by atoms with Gasteiger partial charge in [0.25, 0.3) is 5.91 Å². The molecule has 2 atom stereocenters. The van der Waals surface area contributed by atoms with E-state index in [1.54, 1.807) is 26.2 Å². The van der Waals surface area contributed by atoms with Crippen LogP contribution in [0.15, 0.2) is 36.5 Å². The van der Waals surface area contributed by atoms with E-state index in [1.165, 1.54) is 11.1 Å². The van der Waals surface area contributed by atoms with E-state index in [2.05, 4.69) is 20.6 Å². The number of carbonyl (C=O) groups excluding carboxylic acids is 4. The molecule has 2 aliphatic rings. The summed E-state index contributed by atoms with van der Waals surface area (Å²) in [6.45, 7) is 4.92. The van der Waals surface area contributed by atoms with Gasteiger partial charge in [0.15, 0.2) is 11.6 Å². The first-order chi connectivity index (χ1) is 19.8. The summed E-state index contributed by atoms with van der Waals surface area (Å²) in [6.07, 6.45) is 10.2. The van der Waals surface area contributed by atoms with Crippen molar-refractivity contribution in [2.45, 2.75) is 89.6 Å². The molecule has 222 valence electrons. The monoisotopic (exact) mass is 563 g/mol. The predicted octanol–water partition coefficient (Wildman–Crippen LogP) is 3.40. The van der Waals surface area contributed by atoms with Gasteiger partial charge in [-0.1, -0.05) is 50.5 Å². The number of nitrogens with one attached hydrogen (secondary N) is 2. The highest BCUT2D eigenvalue weighted by Crippen LogP contribution is 2.28. The third-order valence-electron chi connectivity index (χ3n) is 8.54. The predicted molar refractivity (Wildman–Crippen MR) is 157 cm³/mol. The Morgan fingerprint density at radius 3 is 2.24 bits per heavy atom. The van der Waals surface area contributed by atoms with E-state index in [4.69, 9.17) is 0 Å². The van der Waals surface area contributed by atoms with E-state index in [-0.39, 0.29) is 35.7 Å². The molecule has 1 saturated carbocycles. The lowest BCUT2D eigenvalue weighted by molar-refractivity contribution is -0.127. The van der Waals surface area contributed by atoms with E-state index < -0.39 is 12.1 Å². The average molecular weight is 564 g/mol. The smallest absolute Gasteiger partial charge is 0.270 e. The van der Waals surface area contributed by atoms with Crippen LogP contribution in [0.2, 0.25) is 0 Å². The maximum atomic E-state index is 13.5. The number of ketones is 2. The molecule has 2 N–H and O–H groups in total. The number of rotatable bonds is 15. The fourth-order valence-corrected chi connectivity index (χ4v) is 5.88. The third-order valence-corrected chi connectivity index (χ3v) is 8.54. The van der Waals surface area contributed by atoms with Crippen molar-refractivity contribution in [1.29, 1.82) is 0 Å². The van der Waals surface area contributed by atoms with Crippen LogP contribution < -0.4 is 10.6 Å². The van der Waals surface area contributed by atoms with Crippen LogP contribution in [0.3, 0.4) is 0 Å². The van der Waals surface area contributed by atoms with Crippen LogP contribution in [0.5, 0.6) is 0 Å². The van der Waals surface area contributed by atoms with Gasteiger partial charge in [0.2, 0.25) is 5.91 Å². The zero-order chi connectivity index (χ0) is 29.2. The molecule has 0 bridgehead atoms. The number of carbonyl (C=O) groups is 4. The second kappa shape index (κ2) is 15.1. The molecular weight excluding hydrogens is 518 g/mol. The normalized spacial score (nSPS) is 17.3. The molecule has 2 aromatic rings. The Morgan fingerprint density at radius 2 is 1.63 bits per heavy atom. The number of benzene rings is 1. The van der Waals surface area contributed by atoms with E-state index >= 15 is 0 Å². The number of nitrogens with zero attached hydrogens (tertiary/aromatic N) is 3. The van der Waals surface area contributed by atoms with Gasteiger partial charge in [-0.25, -0.2) is 0 Å². The molecule has 9 heteroatoms. The first kappa shape index (κ1) is 30.6. The Morgan fingerprint density at radius 1 is 0.927 bits per heavy atom. The molecule has 1 aromatic heterocycles. The summed E-state index contributed by atoms with van der Waals surface area (Å²) in [5.41, 5.74) is 2.24. The molecule has 1 aromatic carbocycles. The van der Waals surface area contributed by atoms with Crippen molar-refractivity contribution in [3.63, 3.8) is 0 Å². The summed E-state index contributed by atoms with van der Waals surface area (Å²) in [5, 5.41) is 10.0. The zero-order valence-electron chi connectivity index (χ0n) is 24.6. The SMILES string of the molecule is CCC(=O)N[C@H](Cc1ccc(CC(=O)[C@@H](NC(=O)c2ccnn2C)C2CCCCC2)cc1)C(=O)CCCN1CCC1. The molecule has 9 nitrogen and oxygen atoms in total. The van der Waals surface area contributed by atoms with Crippen LogP contribution in [0, 0.1) is 5.92 Å². The summed E-state index contributed by atoms with van der Waals surface area (Å²) in [4.78, 5) is 54.0. The summed E-state index contributed by atoms with van der Waals surface area (Å²) < 4.78 is 1.52. The molecule has 2 fully saturated rings. The van der Waals surface area contributed by atoms with Crippen LogP contribution in [-0.4, -0.2) is 69.8 Å². The summed E-state index contributed by atoms with van der Waals surface area (Å²) >= 11 is 0. The highest BCUT2D eigenvalue weighted by Gasteiger charge is 2.31. The van der Waals surface area contributed by atoms with Gasteiger partial charge in [-0.15, -0.1) is 0 Å². The Balaban J connectivity index is 1.37. The molecule has 1 aliphatic carbocycles. The maximum Gasteiger partial charge on any atom is 0.270 e. The van der Waals surface area contributed by atoms with Crippen molar-refractivity contribution >= 4 is 23.4 Å². The van der Waals surface area contributed by atoms with Gasteiger partial charge in [0.1, 0.15) is 5.69 Å². The van der Waals surface area contributed by atoms with Crippen molar-refractivity contribution < 1.29 is 19.2 Å². The summed E-state index contributed by atoms with van der Waals surface area (Å²) in [6, 6.07) is 8.27. The standard InChI is InChI=1S/C32H45N5O4/c1-3-30(40)34-26(28(38)11-7-18-37-19-8-20-37)21-23-12-14-24(15-13-23)22-29(39)31(25-9-5-4-6-10-25)35-32(41)27-16-17-33-36(27)2/h12-17,25-26,31H,3-11,18-22H2,1-2H3,(H,34,40)(H,35,41)/t26-,31+/m1/s1. The van der Waals surface area contributed by atoms with Crippen LogP contribution in [-0.2, 0) is 34.3 Å².